The molecule has 0 unspecified atom stereocenters. The molecule has 0 atom stereocenters. The Labute approximate surface area is 121 Å². The summed E-state index contributed by atoms with van der Waals surface area (Å²) >= 11 is 2.78. The molecule has 0 bridgehead atoms. The summed E-state index contributed by atoms with van der Waals surface area (Å²) in [5, 5.41) is 9.70. The maximum absolute atomic E-state index is 12.8. The molecule has 0 saturated heterocycles. The number of rotatable bonds is 4. The zero-order chi connectivity index (χ0) is 13.9. The van der Waals surface area contributed by atoms with E-state index < -0.39 is 0 Å². The average molecular weight is 308 g/mol. The third kappa shape index (κ3) is 2.91. The molecule has 0 fully saturated rings. The summed E-state index contributed by atoms with van der Waals surface area (Å²) in [7, 11) is 0. The second-order valence-electron chi connectivity index (χ2n) is 3.81. The van der Waals surface area contributed by atoms with Gasteiger partial charge < -0.3 is 10.5 Å². The van der Waals surface area contributed by atoms with Crippen LogP contribution in [0.25, 0.3) is 9.88 Å². The van der Waals surface area contributed by atoms with Crippen LogP contribution >= 0.6 is 22.7 Å². The fourth-order valence-corrected chi connectivity index (χ4v) is 2.96. The van der Waals surface area contributed by atoms with Crippen molar-refractivity contribution < 1.29 is 9.13 Å². The Morgan fingerprint density at radius 3 is 2.65 bits per heavy atom. The Morgan fingerprint density at radius 1 is 1.15 bits per heavy atom. The predicted molar refractivity (Wildman–Crippen MR) is 76.2 cm³/mol. The smallest absolute Gasteiger partial charge is 0.203 e. The molecule has 3 rings (SSSR count). The molecule has 2 N–H and O–H groups in total. The molecule has 0 spiro atoms. The summed E-state index contributed by atoms with van der Waals surface area (Å²) < 4.78 is 18.3. The van der Waals surface area contributed by atoms with E-state index in [1.54, 1.807) is 18.3 Å². The van der Waals surface area contributed by atoms with Crippen LogP contribution in [-0.4, -0.2) is 15.2 Å². The highest BCUT2D eigenvalue weighted by Crippen LogP contribution is 2.30. The van der Waals surface area contributed by atoms with E-state index in [1.807, 2.05) is 0 Å². The van der Waals surface area contributed by atoms with Crippen molar-refractivity contribution in [3.05, 3.63) is 41.3 Å². The number of ether oxygens (including phenoxy) is 1. The van der Waals surface area contributed by atoms with Gasteiger partial charge in [0.1, 0.15) is 23.2 Å². The van der Waals surface area contributed by atoms with Gasteiger partial charge in [-0.3, -0.25) is 0 Å². The maximum atomic E-state index is 12.8. The highest BCUT2D eigenvalue weighted by Gasteiger charge is 2.09. The lowest BCUT2D eigenvalue weighted by molar-refractivity contribution is 0.305. The van der Waals surface area contributed by atoms with Crippen LogP contribution in [0.5, 0.6) is 5.75 Å². The zero-order valence-electron chi connectivity index (χ0n) is 10.1. The van der Waals surface area contributed by atoms with Crippen molar-refractivity contribution in [2.75, 3.05) is 5.73 Å². The molecular weight excluding hydrogens is 299 g/mol. The molecule has 5 nitrogen and oxygen atoms in total. The Bertz CT molecular complexity index is 710. The minimum absolute atomic E-state index is 0.289. The first-order valence-corrected chi connectivity index (χ1v) is 7.26. The number of hydrogen-bond donors (Lipinski definition) is 1. The van der Waals surface area contributed by atoms with Gasteiger partial charge in [-0.1, -0.05) is 11.3 Å². The molecule has 0 radical (unpaired) electrons. The number of nitrogens with zero attached hydrogens (tertiary/aromatic N) is 3. The summed E-state index contributed by atoms with van der Waals surface area (Å²) in [5.74, 6) is 0.311. The third-order valence-electron chi connectivity index (χ3n) is 2.38. The van der Waals surface area contributed by atoms with Crippen LogP contribution < -0.4 is 10.5 Å². The Kier molecular flexibility index (Phi) is 3.57. The molecule has 102 valence electrons. The highest BCUT2D eigenvalue weighted by atomic mass is 32.1. The topological polar surface area (TPSA) is 73.9 Å². The van der Waals surface area contributed by atoms with Crippen molar-refractivity contribution in [2.24, 2.45) is 0 Å². The minimum atomic E-state index is -0.289. The molecule has 8 heteroatoms. The number of benzene rings is 1. The largest absolute Gasteiger partial charge is 0.486 e. The SMILES string of the molecule is Nc1nnc(-c2cnc(COc3ccc(F)cc3)s2)s1. The predicted octanol–water partition coefficient (Wildman–Crippen LogP) is 2.96. The van der Waals surface area contributed by atoms with Crippen LogP contribution in [0, 0.1) is 5.82 Å². The van der Waals surface area contributed by atoms with E-state index >= 15 is 0 Å². The fourth-order valence-electron chi connectivity index (χ4n) is 1.49. The minimum Gasteiger partial charge on any atom is -0.486 e. The van der Waals surface area contributed by atoms with Crippen LogP contribution in [0.15, 0.2) is 30.5 Å². The van der Waals surface area contributed by atoms with E-state index in [4.69, 9.17) is 10.5 Å². The molecule has 0 aliphatic carbocycles. The van der Waals surface area contributed by atoms with E-state index in [2.05, 4.69) is 15.2 Å². The molecule has 0 amide bonds. The number of anilines is 1. The van der Waals surface area contributed by atoms with Crippen LogP contribution in [0.1, 0.15) is 5.01 Å². The molecule has 1 aromatic carbocycles. The molecule has 2 aromatic heterocycles. The molecule has 3 aromatic rings. The monoisotopic (exact) mass is 308 g/mol. The quantitative estimate of drug-likeness (QED) is 0.802. The Balaban J connectivity index is 1.67. The van der Waals surface area contributed by atoms with Gasteiger partial charge in [0, 0.05) is 6.20 Å². The van der Waals surface area contributed by atoms with Crippen LogP contribution in [0.3, 0.4) is 0 Å². The molecule has 0 aliphatic rings. The molecule has 2 heterocycles. The van der Waals surface area contributed by atoms with E-state index in [0.29, 0.717) is 17.5 Å². The summed E-state index contributed by atoms with van der Waals surface area (Å²) in [4.78, 5) is 5.15. The molecular formula is C12H9FN4OS2. The summed E-state index contributed by atoms with van der Waals surface area (Å²) in [6.45, 7) is 0.324. The van der Waals surface area contributed by atoms with Crippen molar-refractivity contribution in [2.45, 2.75) is 6.61 Å². The molecule has 0 aliphatic heterocycles. The number of nitrogens with two attached hydrogens (primary N) is 1. The first-order valence-electron chi connectivity index (χ1n) is 5.63. The lowest BCUT2D eigenvalue weighted by Gasteiger charge is -2.02. The van der Waals surface area contributed by atoms with Gasteiger partial charge >= 0.3 is 0 Å². The van der Waals surface area contributed by atoms with Crippen LogP contribution in [0.2, 0.25) is 0 Å². The average Bonchev–Trinajstić information content (AvgIpc) is 3.07. The number of halogens is 1. The van der Waals surface area contributed by atoms with Crippen molar-refractivity contribution in [3.63, 3.8) is 0 Å². The normalized spacial score (nSPS) is 10.7. The number of nitrogen functional groups attached to an aromatic ring is 1. The standard InChI is InChI=1S/C12H9FN4OS2/c13-7-1-3-8(4-2-7)18-6-10-15-5-9(19-10)11-16-17-12(14)20-11/h1-5H,6H2,(H2,14,17). The first kappa shape index (κ1) is 12.9. The molecule has 0 saturated carbocycles. The lowest BCUT2D eigenvalue weighted by atomic mass is 10.3. The van der Waals surface area contributed by atoms with E-state index in [-0.39, 0.29) is 5.82 Å². The van der Waals surface area contributed by atoms with Crippen molar-refractivity contribution >= 4 is 27.8 Å². The van der Waals surface area contributed by atoms with Crippen molar-refractivity contribution in [3.8, 4) is 15.6 Å². The zero-order valence-corrected chi connectivity index (χ0v) is 11.7. The van der Waals surface area contributed by atoms with E-state index in [1.165, 1.54) is 34.8 Å². The van der Waals surface area contributed by atoms with Gasteiger partial charge in [-0.05, 0) is 24.3 Å². The van der Waals surface area contributed by atoms with Gasteiger partial charge in [-0.2, -0.15) is 0 Å². The summed E-state index contributed by atoms with van der Waals surface area (Å²) in [5.41, 5.74) is 5.54. The van der Waals surface area contributed by atoms with Gasteiger partial charge in [0.2, 0.25) is 5.13 Å². The second-order valence-corrected chi connectivity index (χ2v) is 5.93. The van der Waals surface area contributed by atoms with Gasteiger partial charge in [0.25, 0.3) is 0 Å². The van der Waals surface area contributed by atoms with Crippen molar-refractivity contribution in [1.29, 1.82) is 0 Å². The van der Waals surface area contributed by atoms with Gasteiger partial charge in [-0.15, -0.1) is 21.5 Å². The van der Waals surface area contributed by atoms with Crippen molar-refractivity contribution in [1.82, 2.24) is 15.2 Å². The van der Waals surface area contributed by atoms with Gasteiger partial charge in [0.05, 0.1) is 4.88 Å². The fraction of sp³-hybridized carbons (Fsp3) is 0.0833. The number of aromatic nitrogens is 3. The second kappa shape index (κ2) is 5.51. The first-order chi connectivity index (χ1) is 9.70. The van der Waals surface area contributed by atoms with Crippen LogP contribution in [0.4, 0.5) is 9.52 Å². The number of hydrogen-bond acceptors (Lipinski definition) is 7. The van der Waals surface area contributed by atoms with Gasteiger partial charge in [0.15, 0.2) is 5.01 Å². The Morgan fingerprint density at radius 2 is 1.95 bits per heavy atom. The highest BCUT2D eigenvalue weighted by molar-refractivity contribution is 7.23. The maximum Gasteiger partial charge on any atom is 0.203 e. The van der Waals surface area contributed by atoms with E-state index in [9.17, 15) is 4.39 Å². The summed E-state index contributed by atoms with van der Waals surface area (Å²) in [6, 6.07) is 5.86. The third-order valence-corrected chi connectivity index (χ3v) is 4.27. The molecule has 20 heavy (non-hydrogen) atoms. The lowest BCUT2D eigenvalue weighted by Crippen LogP contribution is -1.94. The number of thiazole rings is 1. The van der Waals surface area contributed by atoms with Gasteiger partial charge in [-0.25, -0.2) is 9.37 Å². The van der Waals surface area contributed by atoms with E-state index in [0.717, 1.165) is 14.9 Å². The van der Waals surface area contributed by atoms with Crippen LogP contribution in [-0.2, 0) is 6.61 Å². The Hall–Kier alpha value is -2.06. The summed E-state index contributed by atoms with van der Waals surface area (Å²) in [6.07, 6.45) is 1.72.